The van der Waals surface area contributed by atoms with Gasteiger partial charge in [-0.2, -0.15) is 0 Å². The fourth-order valence-corrected chi connectivity index (χ4v) is 2.34. The third kappa shape index (κ3) is 10.3. The second kappa shape index (κ2) is 11.9. The first-order valence-corrected chi connectivity index (χ1v) is 8.80. The Morgan fingerprint density at radius 2 is 1.69 bits per heavy atom. The van der Waals surface area contributed by atoms with Gasteiger partial charge in [-0.25, -0.2) is 5.84 Å². The molecule has 0 saturated carbocycles. The van der Waals surface area contributed by atoms with E-state index in [1.807, 2.05) is 6.20 Å². The van der Waals surface area contributed by atoms with Crippen LogP contribution in [0.25, 0.3) is 0 Å². The Kier molecular flexibility index (Phi) is 9.77. The molecule has 0 aliphatic heterocycles. The number of rotatable bonds is 14. The number of amides is 2. The number of hydrazine groups is 1. The van der Waals surface area contributed by atoms with E-state index in [0.29, 0.717) is 50.9 Å². The molecule has 10 heteroatoms. The van der Waals surface area contributed by atoms with Crippen molar-refractivity contribution in [2.24, 2.45) is 23.0 Å². The molecule has 0 spiro atoms. The highest BCUT2D eigenvalue weighted by atomic mass is 16.1. The number of carbonyl (C=O) groups excluding carboxylic acids is 2. The summed E-state index contributed by atoms with van der Waals surface area (Å²) in [7, 11) is 0. The van der Waals surface area contributed by atoms with E-state index in [4.69, 9.17) is 23.0 Å². The third-order valence-corrected chi connectivity index (χ3v) is 3.74. The second-order valence-corrected chi connectivity index (χ2v) is 6.26. The molecule has 8 N–H and O–H groups in total. The van der Waals surface area contributed by atoms with Gasteiger partial charge in [-0.15, -0.1) is 5.10 Å². The number of carbonyl (C=O) groups is 2. The molecule has 0 unspecified atom stereocenters. The van der Waals surface area contributed by atoms with Crippen LogP contribution in [0.4, 0.5) is 0 Å². The summed E-state index contributed by atoms with van der Waals surface area (Å²) >= 11 is 0. The summed E-state index contributed by atoms with van der Waals surface area (Å²) in [6.07, 6.45) is 8.66. The van der Waals surface area contributed by atoms with Gasteiger partial charge in [-0.3, -0.25) is 14.3 Å². The fraction of sp³-hybridized carbons (Fsp3) is 0.625. The summed E-state index contributed by atoms with van der Waals surface area (Å²) in [5.74, 6) is 5.26. The lowest BCUT2D eigenvalue weighted by Gasteiger charge is -2.14. The van der Waals surface area contributed by atoms with Crippen molar-refractivity contribution in [3.63, 3.8) is 0 Å². The first-order valence-electron chi connectivity index (χ1n) is 8.80. The summed E-state index contributed by atoms with van der Waals surface area (Å²) in [5.41, 5.74) is 17.7. The number of hydrogen-bond donors (Lipinski definition) is 4. The molecule has 1 aromatic rings. The standard InChI is InChI=1S/C16H30N8O2/c17-13(11-23(20)9-3-1-5-15(18)25)7-8-14-12-24(22-21-14)10-4-2-6-16(19)26/h11-12H,1-10,17,20H2,(H2,18,25)(H2,19,26)/b13-11-. The van der Waals surface area contributed by atoms with E-state index in [9.17, 15) is 9.59 Å². The predicted molar refractivity (Wildman–Crippen MR) is 97.6 cm³/mol. The zero-order valence-electron chi connectivity index (χ0n) is 15.1. The summed E-state index contributed by atoms with van der Waals surface area (Å²) < 4.78 is 1.75. The summed E-state index contributed by atoms with van der Waals surface area (Å²) in [4.78, 5) is 21.3. The lowest BCUT2D eigenvalue weighted by molar-refractivity contribution is -0.119. The molecule has 0 fully saturated rings. The van der Waals surface area contributed by atoms with Crippen molar-refractivity contribution >= 4 is 11.8 Å². The van der Waals surface area contributed by atoms with Crippen LogP contribution >= 0.6 is 0 Å². The van der Waals surface area contributed by atoms with Gasteiger partial charge in [0.25, 0.3) is 0 Å². The van der Waals surface area contributed by atoms with E-state index >= 15 is 0 Å². The number of nitrogens with two attached hydrogens (primary N) is 4. The molecule has 26 heavy (non-hydrogen) atoms. The van der Waals surface area contributed by atoms with Gasteiger partial charge in [-0.05, 0) is 38.5 Å². The van der Waals surface area contributed by atoms with E-state index in [-0.39, 0.29) is 11.8 Å². The third-order valence-electron chi connectivity index (χ3n) is 3.74. The summed E-state index contributed by atoms with van der Waals surface area (Å²) in [6, 6.07) is 0. The molecule has 1 aromatic heterocycles. The predicted octanol–water partition coefficient (Wildman–Crippen LogP) is -0.502. The van der Waals surface area contributed by atoms with Crippen molar-refractivity contribution in [1.29, 1.82) is 0 Å². The maximum Gasteiger partial charge on any atom is 0.217 e. The van der Waals surface area contributed by atoms with Gasteiger partial charge >= 0.3 is 0 Å². The van der Waals surface area contributed by atoms with Gasteiger partial charge in [-0.1, -0.05) is 5.21 Å². The number of aryl methyl sites for hydroxylation is 2. The topological polar surface area (TPSA) is 172 Å². The zero-order chi connectivity index (χ0) is 19.4. The molecule has 146 valence electrons. The van der Waals surface area contributed by atoms with Crippen LogP contribution in [0, 0.1) is 0 Å². The largest absolute Gasteiger partial charge is 0.401 e. The number of unbranched alkanes of at least 4 members (excludes halogenated alkanes) is 2. The van der Waals surface area contributed by atoms with Crippen LogP contribution in [0.2, 0.25) is 0 Å². The smallest absolute Gasteiger partial charge is 0.217 e. The molecule has 0 bridgehead atoms. The van der Waals surface area contributed by atoms with Crippen LogP contribution in [-0.4, -0.2) is 38.4 Å². The van der Waals surface area contributed by atoms with Crippen molar-refractivity contribution in [2.45, 2.75) is 57.9 Å². The Morgan fingerprint density at radius 1 is 1.04 bits per heavy atom. The van der Waals surface area contributed by atoms with E-state index in [0.717, 1.165) is 25.0 Å². The summed E-state index contributed by atoms with van der Waals surface area (Å²) in [5, 5.41) is 9.68. The van der Waals surface area contributed by atoms with Crippen molar-refractivity contribution in [1.82, 2.24) is 20.0 Å². The van der Waals surface area contributed by atoms with Gasteiger partial charge in [0.05, 0.1) is 5.69 Å². The lowest BCUT2D eigenvalue weighted by Crippen LogP contribution is -2.28. The van der Waals surface area contributed by atoms with Crippen LogP contribution in [0.15, 0.2) is 18.1 Å². The quantitative estimate of drug-likeness (QED) is 0.195. The SMILES string of the molecule is NC(=O)CCCCN(N)/C=C(\N)CCc1cn(CCCCC(N)=O)nn1. The van der Waals surface area contributed by atoms with E-state index in [1.54, 1.807) is 10.9 Å². The second-order valence-electron chi connectivity index (χ2n) is 6.26. The van der Waals surface area contributed by atoms with Gasteiger partial charge < -0.3 is 22.2 Å². The fourth-order valence-electron chi connectivity index (χ4n) is 2.34. The minimum atomic E-state index is -0.301. The number of hydrogen-bond acceptors (Lipinski definition) is 7. The Balaban J connectivity index is 2.25. The Hall–Kier alpha value is -2.62. The van der Waals surface area contributed by atoms with Crippen molar-refractivity contribution in [2.75, 3.05) is 6.54 Å². The molecular weight excluding hydrogens is 336 g/mol. The Bertz CT molecular complexity index is 599. The van der Waals surface area contributed by atoms with E-state index in [1.165, 1.54) is 5.01 Å². The Morgan fingerprint density at radius 3 is 2.35 bits per heavy atom. The summed E-state index contributed by atoms with van der Waals surface area (Å²) in [6.45, 7) is 1.31. The van der Waals surface area contributed by atoms with Crippen LogP contribution in [0.3, 0.4) is 0 Å². The normalized spacial score (nSPS) is 11.5. The van der Waals surface area contributed by atoms with Crippen molar-refractivity contribution in [3.8, 4) is 0 Å². The van der Waals surface area contributed by atoms with Gasteiger partial charge in [0.15, 0.2) is 0 Å². The Labute approximate surface area is 153 Å². The highest BCUT2D eigenvalue weighted by Gasteiger charge is 2.04. The molecule has 0 atom stereocenters. The molecule has 0 aliphatic rings. The highest BCUT2D eigenvalue weighted by molar-refractivity contribution is 5.73. The average Bonchev–Trinajstić information content (AvgIpc) is 3.01. The molecular formula is C16H30N8O2. The van der Waals surface area contributed by atoms with Crippen LogP contribution in [-0.2, 0) is 22.6 Å². The molecule has 0 aromatic carbocycles. The molecule has 0 saturated heterocycles. The van der Waals surface area contributed by atoms with Gasteiger partial charge in [0.2, 0.25) is 11.8 Å². The van der Waals surface area contributed by atoms with Crippen molar-refractivity contribution in [3.05, 3.63) is 23.8 Å². The lowest BCUT2D eigenvalue weighted by atomic mass is 10.2. The number of allylic oxidation sites excluding steroid dienone is 1. The number of primary amides is 2. The molecule has 0 radical (unpaired) electrons. The monoisotopic (exact) mass is 366 g/mol. The maximum atomic E-state index is 10.7. The van der Waals surface area contributed by atoms with E-state index < -0.39 is 0 Å². The molecule has 2 amide bonds. The maximum absolute atomic E-state index is 10.7. The van der Waals surface area contributed by atoms with Gasteiger partial charge in [0, 0.05) is 44.0 Å². The number of aromatic nitrogens is 3. The molecule has 1 rings (SSSR count). The first kappa shape index (κ1) is 21.4. The van der Waals surface area contributed by atoms with Gasteiger partial charge in [0.1, 0.15) is 0 Å². The van der Waals surface area contributed by atoms with Crippen LogP contribution in [0.1, 0.15) is 50.6 Å². The average molecular weight is 366 g/mol. The number of nitrogens with zero attached hydrogens (tertiary/aromatic N) is 4. The van der Waals surface area contributed by atoms with Crippen LogP contribution in [0.5, 0.6) is 0 Å². The zero-order valence-corrected chi connectivity index (χ0v) is 15.1. The molecule has 0 aliphatic carbocycles. The molecule has 10 nitrogen and oxygen atoms in total. The van der Waals surface area contributed by atoms with Crippen LogP contribution < -0.4 is 23.0 Å². The highest BCUT2D eigenvalue weighted by Crippen LogP contribution is 2.05. The minimum Gasteiger partial charge on any atom is -0.401 e. The minimum absolute atomic E-state index is 0.284. The first-order chi connectivity index (χ1) is 12.4. The van der Waals surface area contributed by atoms with E-state index in [2.05, 4.69) is 10.3 Å². The van der Waals surface area contributed by atoms with Crippen molar-refractivity contribution < 1.29 is 9.59 Å². The molecule has 1 heterocycles.